The first-order valence-corrected chi connectivity index (χ1v) is 9.31. The zero-order valence-electron chi connectivity index (χ0n) is 16.7. The van der Waals surface area contributed by atoms with Crippen molar-refractivity contribution < 1.29 is 19.4 Å². The second kappa shape index (κ2) is 8.94. The van der Waals surface area contributed by atoms with Crippen LogP contribution in [0.1, 0.15) is 56.8 Å². The minimum atomic E-state index is -0.412. The number of carbonyl (C=O) groups is 1. The third kappa shape index (κ3) is 6.31. The average Bonchev–Trinajstić information content (AvgIpc) is 2.61. The maximum atomic E-state index is 12.7. The van der Waals surface area contributed by atoms with Crippen molar-refractivity contribution in [1.82, 2.24) is 0 Å². The van der Waals surface area contributed by atoms with Gasteiger partial charge in [0.1, 0.15) is 6.10 Å². The molecule has 0 aliphatic heterocycles. The Morgan fingerprint density at radius 2 is 2.07 bits per heavy atom. The zero-order chi connectivity index (χ0) is 20.0. The number of rotatable bonds is 3. The van der Waals surface area contributed by atoms with E-state index in [4.69, 9.17) is 9.47 Å². The lowest BCUT2D eigenvalue weighted by Gasteiger charge is -2.27. The van der Waals surface area contributed by atoms with Gasteiger partial charge in [-0.15, -0.1) is 0 Å². The van der Waals surface area contributed by atoms with Crippen LogP contribution in [0.4, 0.5) is 0 Å². The highest BCUT2D eigenvalue weighted by Gasteiger charge is 2.25. The SMILES string of the molecule is C=C1/C=C/C(C)(C)CC(OC(=O)c2ccc(O)c(OC)c2)C/C(C)=C/CC1. The van der Waals surface area contributed by atoms with E-state index in [0.717, 1.165) is 18.4 Å². The molecule has 1 aromatic rings. The predicted octanol–water partition coefficient (Wildman–Crippen LogP) is 5.59. The van der Waals surface area contributed by atoms with Crippen LogP contribution in [0.3, 0.4) is 0 Å². The molecule has 0 spiro atoms. The Morgan fingerprint density at radius 3 is 2.78 bits per heavy atom. The fourth-order valence-corrected chi connectivity index (χ4v) is 3.21. The zero-order valence-corrected chi connectivity index (χ0v) is 16.7. The Balaban J connectivity index is 2.22. The number of hydrogen-bond donors (Lipinski definition) is 1. The lowest BCUT2D eigenvalue weighted by Crippen LogP contribution is -2.25. The van der Waals surface area contributed by atoms with Crippen molar-refractivity contribution in [2.24, 2.45) is 5.41 Å². The Morgan fingerprint density at radius 1 is 1.33 bits per heavy atom. The van der Waals surface area contributed by atoms with Gasteiger partial charge in [0.15, 0.2) is 11.5 Å². The highest BCUT2D eigenvalue weighted by Crippen LogP contribution is 2.31. The first-order chi connectivity index (χ1) is 12.7. The lowest BCUT2D eigenvalue weighted by molar-refractivity contribution is 0.0221. The van der Waals surface area contributed by atoms with Gasteiger partial charge >= 0.3 is 5.97 Å². The van der Waals surface area contributed by atoms with Gasteiger partial charge in [-0.2, -0.15) is 0 Å². The number of methoxy groups -OCH3 is 1. The number of esters is 1. The summed E-state index contributed by atoms with van der Waals surface area (Å²) in [6, 6.07) is 4.49. The smallest absolute Gasteiger partial charge is 0.338 e. The van der Waals surface area contributed by atoms with Crippen LogP contribution in [0.5, 0.6) is 11.5 Å². The van der Waals surface area contributed by atoms with Gasteiger partial charge in [0.05, 0.1) is 12.7 Å². The van der Waals surface area contributed by atoms with Crippen LogP contribution in [0.25, 0.3) is 0 Å². The molecule has 27 heavy (non-hydrogen) atoms. The number of aromatic hydroxyl groups is 1. The number of phenols is 1. The van der Waals surface area contributed by atoms with E-state index in [9.17, 15) is 9.90 Å². The first kappa shape index (κ1) is 20.8. The largest absolute Gasteiger partial charge is 0.504 e. The summed E-state index contributed by atoms with van der Waals surface area (Å²) in [4.78, 5) is 12.7. The molecule has 4 heteroatoms. The summed E-state index contributed by atoms with van der Waals surface area (Å²) in [5.74, 6) is -0.163. The Hall–Kier alpha value is -2.49. The van der Waals surface area contributed by atoms with Gasteiger partial charge in [0.25, 0.3) is 0 Å². The highest BCUT2D eigenvalue weighted by molar-refractivity contribution is 5.90. The molecule has 146 valence electrons. The molecule has 1 aliphatic carbocycles. The van der Waals surface area contributed by atoms with Crippen molar-refractivity contribution in [3.05, 3.63) is 59.7 Å². The minimum absolute atomic E-state index is 0.00531. The van der Waals surface area contributed by atoms with E-state index in [1.54, 1.807) is 6.07 Å². The summed E-state index contributed by atoms with van der Waals surface area (Å²) in [6.07, 6.45) is 9.47. The van der Waals surface area contributed by atoms with Crippen LogP contribution in [-0.4, -0.2) is 24.3 Å². The van der Waals surface area contributed by atoms with Crippen molar-refractivity contribution in [2.75, 3.05) is 7.11 Å². The monoisotopic (exact) mass is 370 g/mol. The molecule has 1 N–H and O–H groups in total. The molecule has 0 bridgehead atoms. The normalized spacial score (nSPS) is 23.5. The van der Waals surface area contributed by atoms with Crippen molar-refractivity contribution in [1.29, 1.82) is 0 Å². The van der Waals surface area contributed by atoms with Crippen molar-refractivity contribution in [3.63, 3.8) is 0 Å². The molecule has 0 radical (unpaired) electrons. The quantitative estimate of drug-likeness (QED) is 0.557. The molecule has 0 amide bonds. The van der Waals surface area contributed by atoms with E-state index in [0.29, 0.717) is 18.4 Å². The number of carbonyl (C=O) groups excluding carboxylic acids is 1. The predicted molar refractivity (Wildman–Crippen MR) is 108 cm³/mol. The molecule has 4 nitrogen and oxygen atoms in total. The van der Waals surface area contributed by atoms with E-state index in [2.05, 4.69) is 45.6 Å². The highest BCUT2D eigenvalue weighted by atomic mass is 16.5. The summed E-state index contributed by atoms with van der Waals surface area (Å²) in [5, 5.41) is 9.72. The van der Waals surface area contributed by atoms with Crippen molar-refractivity contribution >= 4 is 5.97 Å². The molecule has 0 saturated carbocycles. The molecule has 1 atom stereocenters. The molecule has 2 rings (SSSR count). The topological polar surface area (TPSA) is 55.8 Å². The molecule has 1 aromatic carbocycles. The third-order valence-corrected chi connectivity index (χ3v) is 4.72. The van der Waals surface area contributed by atoms with Gasteiger partial charge in [-0.05, 0) is 49.8 Å². The maximum absolute atomic E-state index is 12.7. The van der Waals surface area contributed by atoms with Crippen LogP contribution in [0.15, 0.2) is 54.2 Å². The molecule has 1 unspecified atom stereocenters. The minimum Gasteiger partial charge on any atom is -0.504 e. The Kier molecular flexibility index (Phi) is 6.89. The second-order valence-corrected chi connectivity index (χ2v) is 7.89. The van der Waals surface area contributed by atoms with Crippen LogP contribution in [0.2, 0.25) is 0 Å². The van der Waals surface area contributed by atoms with E-state index >= 15 is 0 Å². The van der Waals surface area contributed by atoms with Crippen molar-refractivity contribution in [2.45, 2.75) is 52.6 Å². The van der Waals surface area contributed by atoms with Gasteiger partial charge < -0.3 is 14.6 Å². The van der Waals surface area contributed by atoms with Crippen LogP contribution in [0, 0.1) is 5.41 Å². The van der Waals surface area contributed by atoms with Gasteiger partial charge in [0.2, 0.25) is 0 Å². The fraction of sp³-hybridized carbons (Fsp3) is 0.435. The molecule has 0 saturated heterocycles. The summed E-state index contributed by atoms with van der Waals surface area (Å²) < 4.78 is 10.9. The molecular weight excluding hydrogens is 340 g/mol. The number of hydrogen-bond acceptors (Lipinski definition) is 4. The molecule has 1 aliphatic rings. The lowest BCUT2D eigenvalue weighted by atomic mass is 9.84. The number of ether oxygens (including phenoxy) is 2. The molecule has 0 aromatic heterocycles. The van der Waals surface area contributed by atoms with Gasteiger partial charge in [0, 0.05) is 6.42 Å². The maximum Gasteiger partial charge on any atom is 0.338 e. The standard InChI is InChI=1S/C23H30O4/c1-16-7-6-8-17(2)13-19(15-23(3,4)12-11-16)27-22(25)18-9-10-20(24)21(14-18)26-5/h8-12,14,19,24H,1,6-7,13,15H2,2-5H3/b12-11+,17-8+. The van der Waals surface area contributed by atoms with E-state index in [1.165, 1.54) is 24.8 Å². The summed E-state index contributed by atoms with van der Waals surface area (Å²) >= 11 is 0. The molecular formula is C23H30O4. The van der Waals surface area contributed by atoms with Gasteiger partial charge in [-0.3, -0.25) is 0 Å². The van der Waals surface area contributed by atoms with E-state index in [1.807, 2.05) is 0 Å². The molecule has 0 heterocycles. The Labute approximate surface area is 162 Å². The summed E-state index contributed by atoms with van der Waals surface area (Å²) in [7, 11) is 1.45. The van der Waals surface area contributed by atoms with E-state index in [-0.39, 0.29) is 23.0 Å². The van der Waals surface area contributed by atoms with Crippen LogP contribution < -0.4 is 4.74 Å². The number of benzene rings is 1. The van der Waals surface area contributed by atoms with E-state index < -0.39 is 5.97 Å². The fourth-order valence-electron chi connectivity index (χ4n) is 3.21. The van der Waals surface area contributed by atoms with Crippen LogP contribution >= 0.6 is 0 Å². The van der Waals surface area contributed by atoms with Crippen LogP contribution in [-0.2, 0) is 4.74 Å². The summed E-state index contributed by atoms with van der Waals surface area (Å²) in [6.45, 7) is 10.5. The average molecular weight is 370 g/mol. The molecule has 0 fully saturated rings. The second-order valence-electron chi connectivity index (χ2n) is 7.89. The summed E-state index contributed by atoms with van der Waals surface area (Å²) in [5.41, 5.74) is 2.56. The Bertz CT molecular complexity index is 756. The van der Waals surface area contributed by atoms with Gasteiger partial charge in [-0.25, -0.2) is 4.79 Å². The van der Waals surface area contributed by atoms with Gasteiger partial charge in [-0.1, -0.05) is 49.8 Å². The number of allylic oxidation sites excluding steroid dienone is 4. The third-order valence-electron chi connectivity index (χ3n) is 4.72. The van der Waals surface area contributed by atoms with Crippen molar-refractivity contribution in [3.8, 4) is 11.5 Å². The number of phenolic OH excluding ortho intramolecular Hbond substituents is 1. The first-order valence-electron chi connectivity index (χ1n) is 9.31.